The smallest absolute Gasteiger partial charge is 0.144 e. The third kappa shape index (κ3) is 3.91. The van der Waals surface area contributed by atoms with Crippen molar-refractivity contribution in [1.29, 1.82) is 0 Å². The Morgan fingerprint density at radius 1 is 1.36 bits per heavy atom. The van der Waals surface area contributed by atoms with E-state index in [-0.39, 0.29) is 4.75 Å². The molecule has 0 radical (unpaired) electrons. The zero-order valence-corrected chi connectivity index (χ0v) is 10.3. The minimum atomic E-state index is -1.07. The van der Waals surface area contributed by atoms with Crippen LogP contribution in [0.25, 0.3) is 0 Å². The molecule has 0 bridgehead atoms. The van der Waals surface area contributed by atoms with Crippen molar-refractivity contribution >= 4 is 17.2 Å². The van der Waals surface area contributed by atoms with Crippen molar-refractivity contribution in [2.24, 2.45) is 10.3 Å². The van der Waals surface area contributed by atoms with E-state index in [1.54, 1.807) is 0 Å². The van der Waals surface area contributed by atoms with Crippen LogP contribution in [-0.2, 0) is 11.0 Å². The second-order valence-corrected chi connectivity index (χ2v) is 6.97. The molecule has 0 aromatic heterocycles. The van der Waals surface area contributed by atoms with Crippen molar-refractivity contribution in [2.75, 3.05) is 0 Å². The second-order valence-electron chi connectivity index (χ2n) is 5.04. The summed E-state index contributed by atoms with van der Waals surface area (Å²) in [6, 6.07) is 0. The summed E-state index contributed by atoms with van der Waals surface area (Å²) >= 11 is 0. The summed E-state index contributed by atoms with van der Waals surface area (Å²) in [4.78, 5) is 0. The maximum atomic E-state index is 11.6. The van der Waals surface area contributed by atoms with Gasteiger partial charge in [-0.1, -0.05) is 25.7 Å². The Morgan fingerprint density at radius 3 is 2.43 bits per heavy atom. The number of hydrogen-bond acceptors (Lipinski definition) is 1. The highest BCUT2D eigenvalue weighted by Crippen LogP contribution is 2.26. The monoisotopic (exact) mass is 215 g/mol. The maximum Gasteiger partial charge on any atom is 0.144 e. The highest BCUT2D eigenvalue weighted by molar-refractivity contribution is 7.85. The zero-order valence-electron chi connectivity index (χ0n) is 9.45. The fourth-order valence-corrected chi connectivity index (χ4v) is 2.20. The predicted octanol–water partition coefficient (Wildman–Crippen LogP) is 3.10. The molecule has 0 amide bonds. The van der Waals surface area contributed by atoms with Crippen LogP contribution >= 0.6 is 0 Å². The molecule has 14 heavy (non-hydrogen) atoms. The van der Waals surface area contributed by atoms with E-state index in [9.17, 15) is 4.21 Å². The van der Waals surface area contributed by atoms with Crippen molar-refractivity contribution in [3.8, 4) is 0 Å². The van der Waals surface area contributed by atoms with Gasteiger partial charge in [-0.25, -0.2) is 4.21 Å². The van der Waals surface area contributed by atoms with Gasteiger partial charge in [-0.05, 0) is 33.1 Å². The molecule has 1 fully saturated rings. The first-order valence-electron chi connectivity index (χ1n) is 5.44. The second kappa shape index (κ2) is 5.06. The largest absolute Gasteiger partial charge is 0.234 e. The average molecular weight is 215 g/mol. The van der Waals surface area contributed by atoms with Gasteiger partial charge in [-0.3, -0.25) is 0 Å². The zero-order chi connectivity index (χ0) is 10.6. The minimum Gasteiger partial charge on any atom is -0.234 e. The number of rotatable bonds is 3. The van der Waals surface area contributed by atoms with E-state index in [0.29, 0.717) is 0 Å². The van der Waals surface area contributed by atoms with Gasteiger partial charge in [-0.15, -0.1) is 0 Å². The normalized spacial score (nSPS) is 21.9. The maximum absolute atomic E-state index is 11.6. The molecule has 0 aliphatic heterocycles. The molecule has 1 aliphatic carbocycles. The van der Waals surface area contributed by atoms with Gasteiger partial charge in [0.25, 0.3) is 0 Å². The molecule has 0 N–H and O–H groups in total. The molecule has 0 saturated heterocycles. The summed E-state index contributed by atoms with van der Waals surface area (Å²) in [5.41, 5.74) is 0. The van der Waals surface area contributed by atoms with E-state index < -0.39 is 11.0 Å². The molecule has 1 rings (SSSR count). The lowest BCUT2D eigenvalue weighted by Gasteiger charge is -2.13. The molecule has 1 aliphatic rings. The van der Waals surface area contributed by atoms with Crippen LogP contribution in [-0.4, -0.2) is 15.2 Å². The van der Waals surface area contributed by atoms with E-state index >= 15 is 0 Å². The van der Waals surface area contributed by atoms with Crippen LogP contribution in [0, 0.1) is 5.92 Å². The number of hydrogen-bond donors (Lipinski definition) is 0. The SMILES string of the molecule is CC(C)(C)S(=O)N=CCC1CCCC1. The third-order valence-corrected chi connectivity index (χ3v) is 4.00. The van der Waals surface area contributed by atoms with Crippen LogP contribution in [0.5, 0.6) is 0 Å². The van der Waals surface area contributed by atoms with Crippen LogP contribution in [0.3, 0.4) is 0 Å². The van der Waals surface area contributed by atoms with Crippen molar-refractivity contribution < 1.29 is 4.21 Å². The Balaban J connectivity index is 2.29. The van der Waals surface area contributed by atoms with E-state index in [0.717, 1.165) is 12.3 Å². The fraction of sp³-hybridized carbons (Fsp3) is 0.909. The lowest BCUT2D eigenvalue weighted by atomic mass is 10.1. The van der Waals surface area contributed by atoms with Crippen LogP contribution in [0.2, 0.25) is 0 Å². The molecule has 2 nitrogen and oxygen atoms in total. The molecule has 82 valence electrons. The van der Waals surface area contributed by atoms with Gasteiger partial charge in [0.1, 0.15) is 11.0 Å². The predicted molar refractivity (Wildman–Crippen MR) is 63.0 cm³/mol. The Labute approximate surface area is 89.8 Å². The Kier molecular flexibility index (Phi) is 4.30. The Bertz CT molecular complexity index is 224. The molecular formula is C11H21NOS. The third-order valence-electron chi connectivity index (χ3n) is 2.61. The van der Waals surface area contributed by atoms with Gasteiger partial charge in [0, 0.05) is 6.21 Å². The van der Waals surface area contributed by atoms with Crippen LogP contribution in [0.4, 0.5) is 0 Å². The molecule has 0 spiro atoms. The van der Waals surface area contributed by atoms with Crippen LogP contribution in [0.15, 0.2) is 4.40 Å². The van der Waals surface area contributed by atoms with Gasteiger partial charge in [0.15, 0.2) is 0 Å². The summed E-state index contributed by atoms with van der Waals surface area (Å²) in [7, 11) is -1.07. The van der Waals surface area contributed by atoms with E-state index in [1.807, 2.05) is 27.0 Å². The van der Waals surface area contributed by atoms with E-state index in [2.05, 4.69) is 4.40 Å². The van der Waals surface area contributed by atoms with E-state index in [1.165, 1.54) is 25.7 Å². The first-order chi connectivity index (χ1) is 6.50. The standard InChI is InChI=1S/C11H21NOS/c1-11(2,3)14(13)12-9-8-10-6-4-5-7-10/h9-10H,4-8H2,1-3H3. The summed E-state index contributed by atoms with van der Waals surface area (Å²) < 4.78 is 15.4. The lowest BCUT2D eigenvalue weighted by Crippen LogP contribution is -2.19. The van der Waals surface area contributed by atoms with Crippen LogP contribution in [0.1, 0.15) is 52.9 Å². The minimum absolute atomic E-state index is 0.216. The summed E-state index contributed by atoms with van der Waals surface area (Å²) in [6.45, 7) is 5.86. The first kappa shape index (κ1) is 11.9. The van der Waals surface area contributed by atoms with Crippen LogP contribution < -0.4 is 0 Å². The van der Waals surface area contributed by atoms with Gasteiger partial charge < -0.3 is 0 Å². The molecule has 0 aromatic carbocycles. The van der Waals surface area contributed by atoms with E-state index in [4.69, 9.17) is 0 Å². The highest BCUT2D eigenvalue weighted by atomic mass is 32.2. The highest BCUT2D eigenvalue weighted by Gasteiger charge is 2.18. The molecule has 3 heteroatoms. The van der Waals surface area contributed by atoms with Crippen molar-refractivity contribution in [2.45, 2.75) is 57.6 Å². The average Bonchev–Trinajstić information content (AvgIpc) is 2.55. The molecular weight excluding hydrogens is 194 g/mol. The van der Waals surface area contributed by atoms with Gasteiger partial charge in [0.2, 0.25) is 0 Å². The van der Waals surface area contributed by atoms with Gasteiger partial charge in [-0.2, -0.15) is 4.40 Å². The molecule has 1 unspecified atom stereocenters. The summed E-state index contributed by atoms with van der Waals surface area (Å²) in [5, 5.41) is 0. The first-order valence-corrected chi connectivity index (χ1v) is 6.55. The molecule has 1 saturated carbocycles. The summed E-state index contributed by atoms with van der Waals surface area (Å²) in [6.07, 6.45) is 8.27. The fourth-order valence-electron chi connectivity index (χ4n) is 1.66. The molecule has 1 atom stereocenters. The number of nitrogens with zero attached hydrogens (tertiary/aromatic N) is 1. The quantitative estimate of drug-likeness (QED) is 0.665. The van der Waals surface area contributed by atoms with Crippen molar-refractivity contribution in [3.05, 3.63) is 0 Å². The Morgan fingerprint density at radius 2 is 1.93 bits per heavy atom. The summed E-state index contributed by atoms with van der Waals surface area (Å²) in [5.74, 6) is 0.802. The Hall–Kier alpha value is -0.180. The van der Waals surface area contributed by atoms with Crippen molar-refractivity contribution in [1.82, 2.24) is 0 Å². The van der Waals surface area contributed by atoms with Crippen molar-refractivity contribution in [3.63, 3.8) is 0 Å². The van der Waals surface area contributed by atoms with Gasteiger partial charge in [0.05, 0.1) is 4.75 Å². The topological polar surface area (TPSA) is 29.4 Å². The molecule has 0 aromatic rings. The lowest BCUT2D eigenvalue weighted by molar-refractivity contribution is 0.577. The molecule has 0 heterocycles. The van der Waals surface area contributed by atoms with Gasteiger partial charge >= 0.3 is 0 Å².